The summed E-state index contributed by atoms with van der Waals surface area (Å²) in [7, 11) is 0. The maximum atomic E-state index is 12.0. The van der Waals surface area contributed by atoms with Crippen LogP contribution in [0.4, 0.5) is 0 Å². The van der Waals surface area contributed by atoms with Crippen LogP contribution in [0.15, 0.2) is 24.3 Å². The van der Waals surface area contributed by atoms with E-state index in [0.29, 0.717) is 18.0 Å². The molecule has 23 heavy (non-hydrogen) atoms. The van der Waals surface area contributed by atoms with Crippen LogP contribution in [0, 0.1) is 0 Å². The Kier molecular flexibility index (Phi) is 4.39. The summed E-state index contributed by atoms with van der Waals surface area (Å²) in [6.45, 7) is 3.29. The van der Waals surface area contributed by atoms with E-state index >= 15 is 0 Å². The predicted molar refractivity (Wildman–Crippen MR) is 92.3 cm³/mol. The van der Waals surface area contributed by atoms with E-state index in [1.165, 1.54) is 25.7 Å². The Morgan fingerprint density at radius 3 is 2.48 bits per heavy atom. The normalized spacial score (nSPS) is 27.0. The van der Waals surface area contributed by atoms with Crippen LogP contribution in [0.5, 0.6) is 0 Å². The average Bonchev–Trinajstić information content (AvgIpc) is 2.90. The van der Waals surface area contributed by atoms with Crippen LogP contribution in [0.3, 0.4) is 0 Å². The molecule has 4 rings (SSSR count). The lowest BCUT2D eigenvalue weighted by Gasteiger charge is -2.40. The molecule has 0 radical (unpaired) electrons. The number of rotatable bonds is 2. The zero-order valence-corrected chi connectivity index (χ0v) is 14.0. The Bertz CT molecular complexity index is 563. The summed E-state index contributed by atoms with van der Waals surface area (Å²) in [5, 5.41) is 0. The molecule has 2 saturated heterocycles. The fourth-order valence-electron chi connectivity index (χ4n) is 4.84. The van der Waals surface area contributed by atoms with Gasteiger partial charge >= 0.3 is 0 Å². The van der Waals surface area contributed by atoms with Crippen molar-refractivity contribution in [3.8, 4) is 0 Å². The van der Waals surface area contributed by atoms with Crippen molar-refractivity contribution in [2.24, 2.45) is 0 Å². The highest BCUT2D eigenvalue weighted by Crippen LogP contribution is 2.35. The third kappa shape index (κ3) is 3.03. The summed E-state index contributed by atoms with van der Waals surface area (Å²) in [5.41, 5.74) is 3.13. The van der Waals surface area contributed by atoms with Crippen molar-refractivity contribution in [3.05, 3.63) is 35.4 Å². The lowest BCUT2D eigenvalue weighted by Crippen LogP contribution is -2.46. The van der Waals surface area contributed by atoms with Gasteiger partial charge < -0.3 is 4.90 Å². The van der Waals surface area contributed by atoms with Gasteiger partial charge in [-0.25, -0.2) is 0 Å². The number of hydrogen-bond donors (Lipinski definition) is 0. The number of fused-ring (bicyclic) bond motifs is 1. The maximum Gasteiger partial charge on any atom is 0.222 e. The van der Waals surface area contributed by atoms with E-state index in [4.69, 9.17) is 0 Å². The zero-order valence-electron chi connectivity index (χ0n) is 14.0. The first-order chi connectivity index (χ1) is 11.3. The topological polar surface area (TPSA) is 23.6 Å². The molecule has 1 atom stereocenters. The summed E-state index contributed by atoms with van der Waals surface area (Å²) in [4.78, 5) is 16.8. The summed E-state index contributed by atoms with van der Waals surface area (Å²) in [6, 6.07) is 10.2. The molecule has 1 amide bonds. The van der Waals surface area contributed by atoms with Crippen LogP contribution in [-0.2, 0) is 11.2 Å². The quantitative estimate of drug-likeness (QED) is 0.780. The van der Waals surface area contributed by atoms with Gasteiger partial charge in [-0.05, 0) is 49.7 Å². The standard InChI is InChI=1S/C20H28N2O/c23-20-10-5-13-22(20)17-11-14-21(15-12-17)19-9-4-2-7-16-6-1-3-8-18(16)19/h1,3,6,8,17,19H,2,4-5,7,9-15H2/t19-/m0/s1. The summed E-state index contributed by atoms with van der Waals surface area (Å²) < 4.78 is 0. The van der Waals surface area contributed by atoms with Crippen molar-refractivity contribution in [3.63, 3.8) is 0 Å². The number of aryl methyl sites for hydroxylation is 1. The molecule has 3 heteroatoms. The predicted octanol–water partition coefficient (Wildman–Crippen LogP) is 3.54. The molecule has 0 unspecified atom stereocenters. The lowest BCUT2D eigenvalue weighted by atomic mass is 9.94. The third-order valence-electron chi connectivity index (χ3n) is 6.08. The number of carbonyl (C=O) groups excluding carboxylic acids is 1. The van der Waals surface area contributed by atoms with Crippen molar-refractivity contribution < 1.29 is 4.79 Å². The minimum atomic E-state index is 0.392. The molecule has 0 aromatic heterocycles. The fraction of sp³-hybridized carbons (Fsp3) is 0.650. The molecule has 124 valence electrons. The fourth-order valence-corrected chi connectivity index (χ4v) is 4.84. The van der Waals surface area contributed by atoms with Gasteiger partial charge in [-0.1, -0.05) is 30.7 Å². The van der Waals surface area contributed by atoms with Gasteiger partial charge in [-0.2, -0.15) is 0 Å². The van der Waals surface area contributed by atoms with Crippen molar-refractivity contribution in [1.82, 2.24) is 9.80 Å². The molecule has 1 aliphatic carbocycles. The smallest absolute Gasteiger partial charge is 0.222 e. The van der Waals surface area contributed by atoms with Crippen LogP contribution in [-0.4, -0.2) is 41.4 Å². The SMILES string of the molecule is O=C1CCCN1C1CCN([C@H]2CCCCc3ccccc32)CC1. The Labute approximate surface area is 139 Å². The zero-order chi connectivity index (χ0) is 15.6. The minimum Gasteiger partial charge on any atom is -0.340 e. The molecule has 2 aliphatic heterocycles. The molecular formula is C20H28N2O. The van der Waals surface area contributed by atoms with Crippen LogP contribution < -0.4 is 0 Å². The molecule has 1 aromatic rings. The van der Waals surface area contributed by atoms with Crippen LogP contribution >= 0.6 is 0 Å². The number of benzene rings is 1. The van der Waals surface area contributed by atoms with E-state index in [2.05, 4.69) is 34.1 Å². The van der Waals surface area contributed by atoms with E-state index in [9.17, 15) is 4.79 Å². The minimum absolute atomic E-state index is 0.392. The maximum absolute atomic E-state index is 12.0. The van der Waals surface area contributed by atoms with E-state index in [0.717, 1.165) is 45.3 Å². The van der Waals surface area contributed by atoms with Gasteiger partial charge in [-0.3, -0.25) is 9.69 Å². The number of nitrogens with zero attached hydrogens (tertiary/aromatic N) is 2. The summed E-state index contributed by atoms with van der Waals surface area (Å²) in [5.74, 6) is 0.392. The van der Waals surface area contributed by atoms with E-state index < -0.39 is 0 Å². The number of carbonyl (C=O) groups is 1. The van der Waals surface area contributed by atoms with Crippen LogP contribution in [0.2, 0.25) is 0 Å². The number of likely N-dealkylation sites (tertiary alicyclic amines) is 2. The van der Waals surface area contributed by atoms with Gasteiger partial charge in [0.1, 0.15) is 0 Å². The van der Waals surface area contributed by atoms with Crippen LogP contribution in [0.25, 0.3) is 0 Å². The highest BCUT2D eigenvalue weighted by molar-refractivity contribution is 5.78. The molecule has 0 bridgehead atoms. The van der Waals surface area contributed by atoms with Gasteiger partial charge in [0.05, 0.1) is 0 Å². The van der Waals surface area contributed by atoms with Crippen molar-refractivity contribution in [2.75, 3.05) is 19.6 Å². The molecular weight excluding hydrogens is 284 g/mol. The largest absolute Gasteiger partial charge is 0.340 e. The second-order valence-electron chi connectivity index (χ2n) is 7.42. The van der Waals surface area contributed by atoms with E-state index in [1.807, 2.05) is 0 Å². The number of piperidine rings is 1. The highest BCUT2D eigenvalue weighted by Gasteiger charge is 2.33. The molecule has 3 aliphatic rings. The first-order valence-corrected chi connectivity index (χ1v) is 9.44. The second kappa shape index (κ2) is 6.64. The van der Waals surface area contributed by atoms with Gasteiger partial charge in [0, 0.05) is 38.1 Å². The van der Waals surface area contributed by atoms with E-state index in [1.54, 1.807) is 11.1 Å². The van der Waals surface area contributed by atoms with E-state index in [-0.39, 0.29) is 0 Å². The Morgan fingerprint density at radius 2 is 1.70 bits per heavy atom. The Balaban J connectivity index is 1.45. The van der Waals surface area contributed by atoms with Gasteiger partial charge in [0.25, 0.3) is 0 Å². The average molecular weight is 312 g/mol. The number of amides is 1. The Morgan fingerprint density at radius 1 is 0.870 bits per heavy atom. The molecule has 0 spiro atoms. The van der Waals surface area contributed by atoms with Crippen molar-refractivity contribution in [2.45, 2.75) is 63.5 Å². The monoisotopic (exact) mass is 312 g/mol. The first kappa shape index (κ1) is 15.2. The lowest BCUT2D eigenvalue weighted by molar-refractivity contribution is -0.130. The molecule has 0 saturated carbocycles. The Hall–Kier alpha value is -1.35. The first-order valence-electron chi connectivity index (χ1n) is 9.44. The molecule has 3 nitrogen and oxygen atoms in total. The highest BCUT2D eigenvalue weighted by atomic mass is 16.2. The molecule has 0 N–H and O–H groups in total. The van der Waals surface area contributed by atoms with Crippen molar-refractivity contribution in [1.29, 1.82) is 0 Å². The second-order valence-corrected chi connectivity index (χ2v) is 7.42. The van der Waals surface area contributed by atoms with Crippen molar-refractivity contribution >= 4 is 5.91 Å². The summed E-state index contributed by atoms with van der Waals surface area (Å²) in [6.07, 6.45) is 9.35. The molecule has 1 aromatic carbocycles. The van der Waals surface area contributed by atoms with Crippen LogP contribution in [0.1, 0.15) is 62.1 Å². The molecule has 2 fully saturated rings. The van der Waals surface area contributed by atoms with Gasteiger partial charge in [0.15, 0.2) is 0 Å². The summed E-state index contributed by atoms with van der Waals surface area (Å²) >= 11 is 0. The van der Waals surface area contributed by atoms with Gasteiger partial charge in [0.2, 0.25) is 5.91 Å². The third-order valence-corrected chi connectivity index (χ3v) is 6.08. The molecule has 2 heterocycles. The number of hydrogen-bond acceptors (Lipinski definition) is 2. The van der Waals surface area contributed by atoms with Gasteiger partial charge in [-0.15, -0.1) is 0 Å².